The van der Waals surface area contributed by atoms with Gasteiger partial charge in [-0.2, -0.15) is 0 Å². The molecule has 8 nitrogen and oxygen atoms in total. The Kier molecular flexibility index (Phi) is 15.3. The van der Waals surface area contributed by atoms with Crippen molar-refractivity contribution in [2.45, 2.75) is 102 Å². The molecular weight excluding hydrogens is 689 g/mol. The molecule has 0 spiro atoms. The van der Waals surface area contributed by atoms with Gasteiger partial charge >= 0.3 is 23.9 Å². The van der Waals surface area contributed by atoms with E-state index in [4.69, 9.17) is 18.9 Å². The summed E-state index contributed by atoms with van der Waals surface area (Å²) in [6.45, 7) is 16.8. The molecule has 0 N–H and O–H groups in total. The summed E-state index contributed by atoms with van der Waals surface area (Å²) >= 11 is 0. The first-order valence-electron chi connectivity index (χ1n) is 19.0. The summed E-state index contributed by atoms with van der Waals surface area (Å²) in [6, 6.07) is 17.9. The van der Waals surface area contributed by atoms with Gasteiger partial charge in [-0.25, -0.2) is 9.59 Å². The predicted molar refractivity (Wildman–Crippen MR) is 210 cm³/mol. The van der Waals surface area contributed by atoms with Crippen molar-refractivity contribution >= 4 is 50.4 Å². The molecule has 0 radical (unpaired) electrons. The highest BCUT2D eigenvalue weighted by molar-refractivity contribution is 6.90. The molecule has 0 saturated heterocycles. The maximum absolute atomic E-state index is 13.1. The number of esters is 4. The van der Waals surface area contributed by atoms with Gasteiger partial charge in [0.25, 0.3) is 0 Å². The van der Waals surface area contributed by atoms with Crippen LogP contribution in [0.4, 0.5) is 0 Å². The van der Waals surface area contributed by atoms with Crippen LogP contribution in [0.25, 0.3) is 0 Å². The molecule has 2 aliphatic carbocycles. The molecule has 10 heteroatoms. The van der Waals surface area contributed by atoms with E-state index in [1.165, 1.54) is 22.5 Å². The van der Waals surface area contributed by atoms with Crippen molar-refractivity contribution in [3.05, 3.63) is 73.8 Å². The van der Waals surface area contributed by atoms with E-state index >= 15 is 0 Å². The van der Waals surface area contributed by atoms with Crippen LogP contribution in [0.15, 0.2) is 73.8 Å². The van der Waals surface area contributed by atoms with Crippen molar-refractivity contribution in [3.63, 3.8) is 0 Å². The highest BCUT2D eigenvalue weighted by Gasteiger charge is 2.36. The highest BCUT2D eigenvalue weighted by atomic mass is 28.3. The Labute approximate surface area is 312 Å². The lowest BCUT2D eigenvalue weighted by atomic mass is 9.69. The van der Waals surface area contributed by atoms with Gasteiger partial charge in [-0.1, -0.05) is 86.1 Å². The normalized spacial score (nSPS) is 20.6. The number of carbonyl (C=O) groups excluding carboxylic acids is 4. The third-order valence-corrected chi connectivity index (χ3v) is 18.3. The Balaban J connectivity index is 1.15. The summed E-state index contributed by atoms with van der Waals surface area (Å²) in [6.07, 6.45) is 11.5. The summed E-state index contributed by atoms with van der Waals surface area (Å²) < 4.78 is 21.9. The van der Waals surface area contributed by atoms with Gasteiger partial charge in [-0.15, -0.1) is 0 Å². The molecule has 2 saturated carbocycles. The molecule has 0 atom stereocenters. The van der Waals surface area contributed by atoms with Gasteiger partial charge in [0.1, 0.15) is 11.5 Å². The summed E-state index contributed by atoms with van der Waals surface area (Å²) in [5, 5.41) is 2.56. The number of hydrogen-bond donors (Lipinski definition) is 0. The van der Waals surface area contributed by atoms with Crippen molar-refractivity contribution in [1.82, 2.24) is 0 Å². The fourth-order valence-electron chi connectivity index (χ4n) is 7.78. The number of hydrogen-bond acceptors (Lipinski definition) is 8. The largest absolute Gasteiger partial charge is 0.463 e. The number of ether oxygens (including phenoxy) is 4. The molecular formula is C42H58O8Si2. The first-order valence-corrected chi connectivity index (χ1v) is 25.5. The molecule has 52 heavy (non-hydrogen) atoms. The molecule has 0 unspecified atom stereocenters. The van der Waals surface area contributed by atoms with E-state index in [1.807, 2.05) is 24.3 Å². The van der Waals surface area contributed by atoms with Crippen LogP contribution in [-0.2, 0) is 28.7 Å². The lowest BCUT2D eigenvalue weighted by Crippen LogP contribution is -2.41. The third-order valence-electron chi connectivity index (χ3n) is 11.3. The third kappa shape index (κ3) is 12.2. The minimum atomic E-state index is -1.72. The van der Waals surface area contributed by atoms with Crippen LogP contribution in [-0.4, -0.2) is 53.2 Å². The van der Waals surface area contributed by atoms with E-state index in [0.717, 1.165) is 76.3 Å². The Morgan fingerprint density at radius 1 is 0.577 bits per heavy atom. The highest BCUT2D eigenvalue weighted by Crippen LogP contribution is 2.42. The maximum Gasteiger partial charge on any atom is 0.330 e. The van der Waals surface area contributed by atoms with E-state index in [9.17, 15) is 19.2 Å². The van der Waals surface area contributed by atoms with Crippen LogP contribution in [0.2, 0.25) is 38.3 Å². The van der Waals surface area contributed by atoms with E-state index < -0.39 is 16.1 Å². The van der Waals surface area contributed by atoms with Crippen molar-refractivity contribution < 1.29 is 38.1 Å². The minimum Gasteiger partial charge on any atom is -0.463 e. The second-order valence-corrected chi connectivity index (χ2v) is 25.5. The lowest BCUT2D eigenvalue weighted by Gasteiger charge is -2.36. The van der Waals surface area contributed by atoms with Gasteiger partial charge < -0.3 is 18.9 Å². The summed E-state index contributed by atoms with van der Waals surface area (Å²) in [5.74, 6) is 1.16. The van der Waals surface area contributed by atoms with Crippen molar-refractivity contribution in [1.29, 1.82) is 0 Å². The van der Waals surface area contributed by atoms with Gasteiger partial charge in [-0.05, 0) is 100 Å². The molecule has 0 aromatic heterocycles. The number of benzene rings is 2. The van der Waals surface area contributed by atoms with Crippen LogP contribution in [0.5, 0.6) is 11.5 Å². The maximum atomic E-state index is 13.1. The van der Waals surface area contributed by atoms with Gasteiger partial charge in [0.15, 0.2) is 0 Å². The average molecular weight is 747 g/mol. The number of carbonyl (C=O) groups is 4. The van der Waals surface area contributed by atoms with Gasteiger partial charge in [0.2, 0.25) is 0 Å². The molecule has 4 rings (SSSR count). The first kappa shape index (κ1) is 41.0. The van der Waals surface area contributed by atoms with Gasteiger partial charge in [0.05, 0.1) is 41.2 Å². The smallest absolute Gasteiger partial charge is 0.330 e. The summed E-state index contributed by atoms with van der Waals surface area (Å²) in [7, 11) is -3.44. The van der Waals surface area contributed by atoms with Crippen LogP contribution < -0.4 is 19.8 Å². The Morgan fingerprint density at radius 3 is 1.21 bits per heavy atom. The quantitative estimate of drug-likeness (QED) is 0.0530. The molecule has 0 aliphatic heterocycles. The molecule has 2 aromatic carbocycles. The van der Waals surface area contributed by atoms with Gasteiger partial charge in [0, 0.05) is 12.2 Å². The SMILES string of the molecule is C=CC(=O)OCCC[Si](C)(C)c1ccc(OC(=O)C2CCC([C@H]3CC[C@H](C(=O)Oc4ccc([Si](C)(C)CCCOC(=O)C=C)cc4)CC3)CC2)cc1. The Hall–Kier alpha value is -3.77. The topological polar surface area (TPSA) is 105 Å². The van der Waals surface area contributed by atoms with E-state index in [2.05, 4.69) is 63.6 Å². The molecule has 0 amide bonds. The van der Waals surface area contributed by atoms with Crippen molar-refractivity contribution in [3.8, 4) is 11.5 Å². The minimum absolute atomic E-state index is 0.0759. The summed E-state index contributed by atoms with van der Waals surface area (Å²) in [4.78, 5) is 48.7. The van der Waals surface area contributed by atoms with Gasteiger partial charge in [-0.3, -0.25) is 9.59 Å². The zero-order valence-corrected chi connectivity index (χ0v) is 33.7. The van der Waals surface area contributed by atoms with Crippen LogP contribution in [0, 0.1) is 23.7 Å². The fourth-order valence-corrected chi connectivity index (χ4v) is 12.6. The Bertz CT molecular complexity index is 1400. The second-order valence-electron chi connectivity index (χ2n) is 15.8. The van der Waals surface area contributed by atoms with E-state index in [1.54, 1.807) is 0 Å². The van der Waals surface area contributed by atoms with Crippen LogP contribution in [0.3, 0.4) is 0 Å². The number of rotatable bonds is 17. The zero-order valence-electron chi connectivity index (χ0n) is 31.7. The van der Waals surface area contributed by atoms with Crippen molar-refractivity contribution in [2.75, 3.05) is 13.2 Å². The molecule has 282 valence electrons. The van der Waals surface area contributed by atoms with E-state index in [0.29, 0.717) is 36.5 Å². The van der Waals surface area contributed by atoms with Crippen LogP contribution >= 0.6 is 0 Å². The second kappa shape index (κ2) is 19.4. The van der Waals surface area contributed by atoms with E-state index in [-0.39, 0.29) is 35.7 Å². The fraction of sp³-hybridized carbons (Fsp3) is 0.524. The molecule has 0 bridgehead atoms. The molecule has 2 aromatic rings. The summed E-state index contributed by atoms with van der Waals surface area (Å²) in [5.41, 5.74) is 0. The van der Waals surface area contributed by atoms with Crippen molar-refractivity contribution in [2.24, 2.45) is 23.7 Å². The molecule has 2 aliphatic rings. The molecule has 0 heterocycles. The lowest BCUT2D eigenvalue weighted by molar-refractivity contribution is -0.142. The first-order chi connectivity index (χ1) is 24.8. The average Bonchev–Trinajstić information content (AvgIpc) is 3.15. The monoisotopic (exact) mass is 746 g/mol. The Morgan fingerprint density at radius 2 is 0.904 bits per heavy atom. The standard InChI is InChI=1S/C42H58O8Si2/c1-7-39(43)47-27-9-29-51(3,4)37-23-19-35(20-24-37)49-41(45)33-15-11-31(12-16-33)32-13-17-34(18-14-32)42(46)50-36-21-25-38(26-22-36)52(5,6)30-10-28-48-40(44)8-2/h7-8,19-26,31-34H,1-2,9-18,27-30H2,3-6H3/t31-,32?,33-,34?. The molecule has 2 fully saturated rings. The predicted octanol–water partition coefficient (Wildman–Crippen LogP) is 7.88. The van der Waals surface area contributed by atoms with Crippen LogP contribution in [0.1, 0.15) is 64.2 Å². The zero-order chi connectivity index (χ0) is 37.7.